The molecule has 149 heavy (non-hydrogen) atoms. The van der Waals surface area contributed by atoms with Crippen LogP contribution in [0.25, 0.3) is 0 Å². The number of aliphatic hydroxyl groups is 2. The molecule has 0 saturated carbocycles. The smallest absolute Gasteiger partial charge is 0.410 e. The lowest BCUT2D eigenvalue weighted by molar-refractivity contribution is -0.149. The SMILES string of the molecule is CC[C@H](C)[C@@H]([C@@H](CC(=O)N1CCC[C@H]1[C@H](OC)[C@@H](C)C(=O)N[C@H](C)[C@@H](O)c1ccccc1)OC)N(C)C(=O)[C@@H](CC(=O)[C@H](C(C)C)N(C)C(=O)OC1/C=C/CC(OCC(=O)NCCN2C(=O)CC(SC)C2=O)CCC1)C(C)C.CC[C@H](C)[C@@H]([C@@H](CC(=O)N1CCC[C@H]1[C@H](OC)[C@@H](C)C(=O)N[C@H](C)[C@@H](O)c1ccccc1)OC)N(C)C(=O)[C@@H](CC(=O)[C@H](C(C)C)N(C)C(=O)OC1/C=C/CC(OCCNC(=O)CSC)CCC1)C(C)C. The number of nitrogens with one attached hydrogen (secondary N) is 4. The fourth-order valence-electron chi connectivity index (χ4n) is 21.5. The highest BCUT2D eigenvalue weighted by Crippen LogP contribution is 2.37. The third-order valence-corrected chi connectivity index (χ3v) is 32.1. The second kappa shape index (κ2) is 64.9. The third-order valence-electron chi connectivity index (χ3n) is 30.6. The summed E-state index contributed by atoms with van der Waals surface area (Å²) in [4.78, 5) is 201. The molecule has 0 radical (unpaired) electrons. The second-order valence-electron chi connectivity index (χ2n) is 42.5. The first-order valence-electron chi connectivity index (χ1n) is 53.9. The molecule has 840 valence electrons. The van der Waals surface area contributed by atoms with Gasteiger partial charge in [0.1, 0.15) is 18.8 Å². The Bertz CT molecular complexity index is 4600. The van der Waals surface area contributed by atoms with Gasteiger partial charge in [0.2, 0.25) is 59.1 Å². The minimum absolute atomic E-state index is 0.00326. The van der Waals surface area contributed by atoms with E-state index in [-0.39, 0.29) is 181 Å². The number of hydrogen-bond donors (Lipinski definition) is 6. The fraction of sp³-hybridized carbons (Fsp3) is 0.732. The van der Waals surface area contributed by atoms with Crippen molar-refractivity contribution in [3.63, 3.8) is 0 Å². The largest absolute Gasteiger partial charge is 0.442 e. The zero-order valence-corrected chi connectivity index (χ0v) is 95.4. The van der Waals surface area contributed by atoms with Crippen molar-refractivity contribution in [3.05, 3.63) is 96.1 Å². The van der Waals surface area contributed by atoms with Gasteiger partial charge < -0.3 is 98.8 Å². The van der Waals surface area contributed by atoms with E-state index in [1.807, 2.05) is 156 Å². The molecule has 12 amide bonds. The molecule has 37 heteroatoms. The van der Waals surface area contributed by atoms with Crippen LogP contribution in [0.1, 0.15) is 256 Å². The number of amides is 12. The van der Waals surface area contributed by atoms with E-state index in [1.54, 1.807) is 114 Å². The van der Waals surface area contributed by atoms with E-state index >= 15 is 0 Å². The number of imide groups is 1. The Morgan fingerprint density at radius 3 is 1.25 bits per heavy atom. The lowest BCUT2D eigenvalue weighted by Gasteiger charge is -2.41. The monoisotopic (exact) mass is 2130 g/mol. The number of rotatable bonds is 57. The summed E-state index contributed by atoms with van der Waals surface area (Å²) in [6.07, 6.45) is 13.1. The Balaban J connectivity index is 0.000000457. The molecule has 2 aliphatic carbocycles. The van der Waals surface area contributed by atoms with Crippen molar-refractivity contribution in [2.45, 2.75) is 347 Å². The molecule has 2 aromatic carbocycles. The number of nitrogens with zero attached hydrogens (tertiary/aromatic N) is 7. The van der Waals surface area contributed by atoms with Gasteiger partial charge in [-0.05, 0) is 162 Å². The highest BCUT2D eigenvalue weighted by Gasteiger charge is 2.49. The summed E-state index contributed by atoms with van der Waals surface area (Å²) in [5.41, 5.74) is 1.38. The summed E-state index contributed by atoms with van der Waals surface area (Å²) < 4.78 is 47.9. The van der Waals surface area contributed by atoms with Crippen LogP contribution in [0.5, 0.6) is 0 Å². The zero-order chi connectivity index (χ0) is 111. The number of carbonyl (C=O) groups excluding carboxylic acids is 14. The van der Waals surface area contributed by atoms with Gasteiger partial charge in [-0.25, -0.2) is 9.59 Å². The average molecular weight is 2130 g/mol. The summed E-state index contributed by atoms with van der Waals surface area (Å²) in [5, 5.41) is 32.9. The van der Waals surface area contributed by atoms with Gasteiger partial charge >= 0.3 is 12.2 Å². The Kier molecular flexibility index (Phi) is 56.1. The Morgan fingerprint density at radius 2 is 0.886 bits per heavy atom. The summed E-state index contributed by atoms with van der Waals surface area (Å²) in [6, 6.07) is 13.5. The number of aliphatic hydroxyl groups excluding tert-OH is 2. The molecule has 3 fully saturated rings. The third kappa shape index (κ3) is 38.0. The van der Waals surface area contributed by atoms with Crippen LogP contribution in [-0.4, -0.2) is 351 Å². The lowest BCUT2D eigenvalue weighted by atomic mass is 9.83. The molecule has 0 spiro atoms. The first-order valence-corrected chi connectivity index (χ1v) is 56.6. The number of Topliss-reactive ketones (excluding diaryl/α,β-unsaturated/α-hetero) is 2. The zero-order valence-electron chi connectivity index (χ0n) is 93.7. The van der Waals surface area contributed by atoms with E-state index in [0.29, 0.717) is 114 Å². The van der Waals surface area contributed by atoms with Gasteiger partial charge in [-0.15, -0.1) is 0 Å². The van der Waals surface area contributed by atoms with Crippen LogP contribution < -0.4 is 21.3 Å². The van der Waals surface area contributed by atoms with E-state index in [9.17, 15) is 77.3 Å². The van der Waals surface area contributed by atoms with E-state index in [1.165, 1.54) is 52.4 Å². The van der Waals surface area contributed by atoms with Gasteiger partial charge in [0, 0.05) is 120 Å². The Labute approximate surface area is 895 Å². The highest BCUT2D eigenvalue weighted by atomic mass is 32.2. The minimum Gasteiger partial charge on any atom is -0.442 e. The molecule has 6 N–H and O–H groups in total. The van der Waals surface area contributed by atoms with Gasteiger partial charge in [-0.3, -0.25) is 62.4 Å². The van der Waals surface area contributed by atoms with Crippen LogP contribution >= 0.6 is 23.5 Å². The minimum atomic E-state index is -0.915. The van der Waals surface area contributed by atoms with Gasteiger partial charge in [0.05, 0.1) is 139 Å². The standard InChI is InChI=1S/C58H92N6O13S.C54H89N5O11S/c1-14-37(6)52(46(74-11)32-49(67)63-29-20-27-44(63)54(75-12)38(7)55(70)60-39(8)53(69)40-21-16-15-17-22-40)61(9)56(71)43(35(2)3)31-45(65)51(36(4)5)62(10)58(73)77-42-25-18-23-41(24-19-26-42)76-34-48(66)59-28-30-64-50(68)33-47(78-13)57(64)72;1-14-36(6)49(45(67-11)32-47(62)59-29-20-27-43(59)51(68-12)37(7)52(64)56-38(8)50(63)39-21-16-15-17-22-39)57(9)53(65)42(34(2)3)31-44(60)48(35(4)5)58(10)54(66)70-41-25-18-23-40(24-19-26-41)69-30-28-55-46(61)33-71-13/h15-18,21-22,25,35-39,41-44,46-47,51-54,69H,14,19-20,23-24,26-34H2,1-13H3,(H,59,66)(H,60,70);15-18,21-22,25,34-38,40-43,45,48-51,63H,14,19-20,23-24,26-33H2,1-13H3,(H,55,61)(H,56,64)/b2*25-18+/t37-,38+,39+,41?,42?,43-,44-,46+,47?,51-,52-,53+,54+;36-,37+,38+,40?,41?,42-,43-,45+,48-,49-,50+,51+/m00/s1. The number of carbonyl (C=O) groups is 14. The summed E-state index contributed by atoms with van der Waals surface area (Å²) in [6.45, 7) is 32.1. The molecule has 3 aliphatic heterocycles. The van der Waals surface area contributed by atoms with Crippen LogP contribution in [0.3, 0.4) is 0 Å². The van der Waals surface area contributed by atoms with Crippen molar-refractivity contribution in [3.8, 4) is 0 Å². The molecule has 0 bridgehead atoms. The maximum absolute atomic E-state index is 14.8. The van der Waals surface area contributed by atoms with Crippen molar-refractivity contribution in [2.75, 3.05) is 121 Å². The van der Waals surface area contributed by atoms with E-state index in [2.05, 4.69) is 21.3 Å². The molecule has 3 heterocycles. The molecule has 7 rings (SSSR count). The molecule has 3 saturated heterocycles. The summed E-state index contributed by atoms with van der Waals surface area (Å²) >= 11 is 2.81. The fourth-order valence-corrected chi connectivity index (χ4v) is 22.5. The van der Waals surface area contributed by atoms with Gasteiger partial charge in [-0.1, -0.05) is 183 Å². The number of likely N-dealkylation sites (N-methyl/N-ethyl adjacent to an activating group) is 4. The lowest BCUT2D eigenvalue weighted by Crippen LogP contribution is -2.55. The average Bonchev–Trinajstić information content (AvgIpc) is 1.70. The van der Waals surface area contributed by atoms with Crippen molar-refractivity contribution < 1.29 is 115 Å². The van der Waals surface area contributed by atoms with Gasteiger partial charge in [-0.2, -0.15) is 23.5 Å². The molecule has 5 aliphatic rings. The van der Waals surface area contributed by atoms with Gasteiger partial charge in [0.15, 0.2) is 11.6 Å². The van der Waals surface area contributed by atoms with E-state index in [4.69, 9.17) is 37.9 Å². The number of ether oxygens (including phenoxy) is 8. The van der Waals surface area contributed by atoms with Crippen molar-refractivity contribution in [2.24, 2.45) is 59.2 Å². The number of ketones is 2. The van der Waals surface area contributed by atoms with E-state index in [0.717, 1.165) is 19.3 Å². The summed E-state index contributed by atoms with van der Waals surface area (Å²) in [5.74, 6) is -6.44. The number of benzene rings is 2. The van der Waals surface area contributed by atoms with Crippen LogP contribution in [0, 0.1) is 59.2 Å². The van der Waals surface area contributed by atoms with Crippen LogP contribution in [-0.2, 0) is 95.4 Å². The second-order valence-corrected chi connectivity index (χ2v) is 44.4. The quantitative estimate of drug-likeness (QED) is 0.0203. The number of hydrogen-bond acceptors (Lipinski definition) is 26. The topological polar surface area (TPSA) is 424 Å². The van der Waals surface area contributed by atoms with Crippen LogP contribution in [0.2, 0.25) is 0 Å². The molecular formula is C112H181N11O24S2. The van der Waals surface area contributed by atoms with E-state index < -0.39 is 127 Å². The van der Waals surface area contributed by atoms with Crippen molar-refractivity contribution in [1.82, 2.24) is 55.6 Å². The molecule has 25 atom stereocenters. The van der Waals surface area contributed by atoms with Crippen LogP contribution in [0.15, 0.2) is 85.0 Å². The molecule has 0 aromatic heterocycles. The predicted molar refractivity (Wildman–Crippen MR) is 577 cm³/mol. The predicted octanol–water partition coefficient (Wildman–Crippen LogP) is 12.8. The first kappa shape index (κ1) is 129. The molecule has 5 unspecified atom stereocenters. The maximum Gasteiger partial charge on any atom is 0.410 e. The van der Waals surface area contributed by atoms with Crippen LogP contribution in [0.4, 0.5) is 9.59 Å². The number of thioether (sulfide) groups is 2. The molecule has 2 aromatic rings. The molecular weight excluding hydrogens is 1950 g/mol. The Morgan fingerprint density at radius 1 is 0.483 bits per heavy atom. The maximum atomic E-state index is 14.8. The summed E-state index contributed by atoms with van der Waals surface area (Å²) in [7, 11) is 12.7. The molecule has 35 nitrogen and oxygen atoms in total. The number of methoxy groups -OCH3 is 4. The van der Waals surface area contributed by atoms with Crippen molar-refractivity contribution >= 4 is 106 Å². The van der Waals surface area contributed by atoms with Crippen molar-refractivity contribution in [1.29, 1.82) is 0 Å². The highest BCUT2D eigenvalue weighted by molar-refractivity contribution is 8.00. The number of likely N-dealkylation sites (tertiary alicyclic amines) is 3. The Hall–Kier alpha value is -8.92. The normalized spacial score (nSPS) is 22.2. The van der Waals surface area contributed by atoms with Gasteiger partial charge in [0.25, 0.3) is 0 Å². The first-order chi connectivity index (χ1) is 70.7.